The van der Waals surface area contributed by atoms with Gasteiger partial charge in [-0.2, -0.15) is 0 Å². The first-order valence-corrected chi connectivity index (χ1v) is 9.91. The highest BCUT2D eigenvalue weighted by atomic mass is 16.8. The van der Waals surface area contributed by atoms with Crippen LogP contribution < -0.4 is 0 Å². The minimum Gasteiger partial charge on any atom is -0.394 e. The van der Waals surface area contributed by atoms with E-state index in [0.29, 0.717) is 13.2 Å². The molecule has 1 aliphatic heterocycles. The Morgan fingerprint density at radius 2 is 1.14 bits per heavy atom. The highest BCUT2D eigenvalue weighted by molar-refractivity contribution is 5.14. The molecule has 0 spiro atoms. The average molecular weight is 402 g/mol. The molecule has 158 valence electrons. The summed E-state index contributed by atoms with van der Waals surface area (Å²) in [6, 6.07) is 19.5. The predicted molar refractivity (Wildman–Crippen MR) is 108 cm³/mol. The number of hydrogen-bond acceptors (Lipinski definition) is 6. The highest BCUT2D eigenvalue weighted by Crippen LogP contribution is 2.34. The maximum atomic E-state index is 9.95. The van der Waals surface area contributed by atoms with E-state index in [1.807, 2.05) is 60.7 Å². The monoisotopic (exact) mass is 402 g/mol. The molecule has 0 bridgehead atoms. The number of hydrogen-bond donors (Lipinski definition) is 2. The smallest absolute Gasteiger partial charge is 0.164 e. The summed E-state index contributed by atoms with van der Waals surface area (Å²) >= 11 is 0. The molecule has 0 unspecified atom stereocenters. The van der Waals surface area contributed by atoms with Crippen LogP contribution in [0.5, 0.6) is 0 Å². The molecule has 4 atom stereocenters. The molecule has 2 aromatic carbocycles. The molecule has 1 fully saturated rings. The van der Waals surface area contributed by atoms with Gasteiger partial charge in [0, 0.05) is 0 Å². The van der Waals surface area contributed by atoms with Crippen LogP contribution in [0.3, 0.4) is 0 Å². The van der Waals surface area contributed by atoms with Crippen molar-refractivity contribution in [1.29, 1.82) is 0 Å². The van der Waals surface area contributed by atoms with E-state index in [4.69, 9.17) is 18.9 Å². The normalized spacial score (nSPS) is 23.0. The quantitative estimate of drug-likeness (QED) is 0.636. The van der Waals surface area contributed by atoms with Gasteiger partial charge in [-0.3, -0.25) is 0 Å². The maximum absolute atomic E-state index is 9.95. The van der Waals surface area contributed by atoms with E-state index in [-0.39, 0.29) is 13.2 Å². The summed E-state index contributed by atoms with van der Waals surface area (Å²) in [4.78, 5) is 0. The molecule has 3 rings (SSSR count). The van der Waals surface area contributed by atoms with Gasteiger partial charge in [-0.1, -0.05) is 60.7 Å². The van der Waals surface area contributed by atoms with Crippen LogP contribution in [0.1, 0.15) is 25.0 Å². The highest BCUT2D eigenvalue weighted by Gasteiger charge is 2.49. The molecule has 6 nitrogen and oxygen atoms in total. The molecular formula is C23H30O6. The number of rotatable bonds is 10. The average Bonchev–Trinajstić information content (AvgIpc) is 3.06. The number of benzene rings is 2. The van der Waals surface area contributed by atoms with Crippen molar-refractivity contribution >= 4 is 0 Å². The van der Waals surface area contributed by atoms with Crippen molar-refractivity contribution in [2.24, 2.45) is 0 Å². The maximum Gasteiger partial charge on any atom is 0.164 e. The summed E-state index contributed by atoms with van der Waals surface area (Å²) < 4.78 is 24.0. The Kier molecular flexibility index (Phi) is 7.77. The summed E-state index contributed by atoms with van der Waals surface area (Å²) in [5.74, 6) is -0.873. The lowest BCUT2D eigenvalue weighted by molar-refractivity contribution is -0.170. The third-order valence-corrected chi connectivity index (χ3v) is 4.87. The lowest BCUT2D eigenvalue weighted by Crippen LogP contribution is -2.47. The van der Waals surface area contributed by atoms with Gasteiger partial charge in [0.25, 0.3) is 0 Å². The van der Waals surface area contributed by atoms with Crippen LogP contribution in [0.2, 0.25) is 0 Å². The minimum atomic E-state index is -0.873. The zero-order chi connectivity index (χ0) is 20.7. The van der Waals surface area contributed by atoms with Crippen LogP contribution in [0, 0.1) is 0 Å². The fraction of sp³-hybridized carbons (Fsp3) is 0.478. The predicted octanol–water partition coefficient (Wildman–Crippen LogP) is 2.66. The fourth-order valence-electron chi connectivity index (χ4n) is 3.45. The van der Waals surface area contributed by atoms with Crippen LogP contribution >= 0.6 is 0 Å². The fourth-order valence-corrected chi connectivity index (χ4v) is 3.45. The van der Waals surface area contributed by atoms with Gasteiger partial charge in [-0.25, -0.2) is 0 Å². The summed E-state index contributed by atoms with van der Waals surface area (Å²) in [5.41, 5.74) is 2.00. The Bertz CT molecular complexity index is 659. The van der Waals surface area contributed by atoms with Crippen molar-refractivity contribution in [2.45, 2.75) is 57.3 Å². The van der Waals surface area contributed by atoms with Gasteiger partial charge in [0.05, 0.1) is 26.4 Å². The first kappa shape index (κ1) is 21.9. The largest absolute Gasteiger partial charge is 0.394 e. The van der Waals surface area contributed by atoms with Gasteiger partial charge in [-0.15, -0.1) is 0 Å². The Morgan fingerprint density at radius 1 is 0.759 bits per heavy atom. The summed E-state index contributed by atoms with van der Waals surface area (Å²) in [5, 5.41) is 19.9. The van der Waals surface area contributed by atoms with Crippen LogP contribution in [0.4, 0.5) is 0 Å². The van der Waals surface area contributed by atoms with E-state index in [1.165, 1.54) is 0 Å². The van der Waals surface area contributed by atoms with E-state index in [0.717, 1.165) is 11.1 Å². The van der Waals surface area contributed by atoms with E-state index >= 15 is 0 Å². The molecule has 0 aromatic heterocycles. The van der Waals surface area contributed by atoms with E-state index < -0.39 is 30.2 Å². The molecule has 1 saturated heterocycles. The van der Waals surface area contributed by atoms with Crippen molar-refractivity contribution in [3.05, 3.63) is 71.8 Å². The third-order valence-electron chi connectivity index (χ3n) is 4.87. The molecule has 6 heteroatoms. The molecule has 0 amide bonds. The number of aliphatic hydroxyl groups excluding tert-OH is 2. The topological polar surface area (TPSA) is 77.4 Å². The Hall–Kier alpha value is -1.80. The SMILES string of the molecule is CC1(C)O[C@H]([C@@H](CO)OCc2ccccc2)[C@@H]([C@@H](CO)OCc2ccccc2)O1. The first-order chi connectivity index (χ1) is 14.0. The van der Waals surface area contributed by atoms with Crippen molar-refractivity contribution in [3.63, 3.8) is 0 Å². The molecular weight excluding hydrogens is 372 g/mol. The molecule has 0 radical (unpaired) electrons. The molecule has 1 aliphatic rings. The molecule has 1 heterocycles. The lowest BCUT2D eigenvalue weighted by Gasteiger charge is -2.29. The van der Waals surface area contributed by atoms with Crippen LogP contribution in [-0.4, -0.2) is 53.6 Å². The van der Waals surface area contributed by atoms with Crippen molar-refractivity contribution in [3.8, 4) is 0 Å². The minimum absolute atomic E-state index is 0.232. The Labute approximate surface area is 172 Å². The van der Waals surface area contributed by atoms with Gasteiger partial charge in [-0.05, 0) is 25.0 Å². The van der Waals surface area contributed by atoms with Crippen molar-refractivity contribution in [1.82, 2.24) is 0 Å². The zero-order valence-corrected chi connectivity index (χ0v) is 16.9. The number of aliphatic hydroxyl groups is 2. The standard InChI is InChI=1S/C23H30O6/c1-23(2)28-21(19(13-24)26-15-17-9-5-3-6-10-17)22(29-23)20(14-25)27-16-18-11-7-4-8-12-18/h3-12,19-22,24-25H,13-16H2,1-2H3/t19-,20-,21-,22-/m1/s1. The molecule has 0 aliphatic carbocycles. The van der Waals surface area contributed by atoms with Crippen LogP contribution in [-0.2, 0) is 32.2 Å². The third kappa shape index (κ3) is 6.09. The first-order valence-electron chi connectivity index (χ1n) is 9.91. The van der Waals surface area contributed by atoms with E-state index in [9.17, 15) is 10.2 Å². The molecule has 2 N–H and O–H groups in total. The second-order valence-corrected chi connectivity index (χ2v) is 7.60. The Balaban J connectivity index is 1.68. The van der Waals surface area contributed by atoms with Gasteiger partial charge in [0.2, 0.25) is 0 Å². The van der Waals surface area contributed by atoms with Gasteiger partial charge in [0.1, 0.15) is 24.4 Å². The zero-order valence-electron chi connectivity index (χ0n) is 16.9. The summed E-state index contributed by atoms with van der Waals surface area (Å²) in [6.07, 6.45) is -2.38. The second-order valence-electron chi connectivity index (χ2n) is 7.60. The second kappa shape index (κ2) is 10.3. The Morgan fingerprint density at radius 3 is 1.48 bits per heavy atom. The number of ether oxygens (including phenoxy) is 4. The van der Waals surface area contributed by atoms with E-state index in [2.05, 4.69) is 0 Å². The summed E-state index contributed by atoms with van der Waals surface area (Å²) in [7, 11) is 0. The van der Waals surface area contributed by atoms with Gasteiger partial charge >= 0.3 is 0 Å². The van der Waals surface area contributed by atoms with Crippen molar-refractivity contribution in [2.75, 3.05) is 13.2 Å². The summed E-state index contributed by atoms with van der Waals surface area (Å²) in [6.45, 7) is 3.82. The molecule has 29 heavy (non-hydrogen) atoms. The lowest BCUT2D eigenvalue weighted by atomic mass is 10.0. The molecule has 2 aromatic rings. The van der Waals surface area contributed by atoms with Crippen molar-refractivity contribution < 1.29 is 29.2 Å². The van der Waals surface area contributed by atoms with E-state index in [1.54, 1.807) is 13.8 Å². The van der Waals surface area contributed by atoms with Gasteiger partial charge in [0.15, 0.2) is 5.79 Å². The van der Waals surface area contributed by atoms with Crippen LogP contribution in [0.25, 0.3) is 0 Å². The molecule has 0 saturated carbocycles. The van der Waals surface area contributed by atoms with Crippen LogP contribution in [0.15, 0.2) is 60.7 Å². The van der Waals surface area contributed by atoms with Gasteiger partial charge < -0.3 is 29.2 Å².